The highest BCUT2D eigenvalue weighted by Crippen LogP contribution is 2.28. The molecule has 0 unspecified atom stereocenters. The van der Waals surface area contributed by atoms with Crippen molar-refractivity contribution >= 4 is 42.0 Å². The first kappa shape index (κ1) is 12.6. The third-order valence-corrected chi connectivity index (χ3v) is 4.64. The van der Waals surface area contributed by atoms with E-state index in [0.717, 1.165) is 10.5 Å². The summed E-state index contributed by atoms with van der Waals surface area (Å²) < 4.78 is 11.0. The second-order valence-electron chi connectivity index (χ2n) is 4.55. The number of rotatable bonds is 4. The van der Waals surface area contributed by atoms with Crippen molar-refractivity contribution in [2.75, 3.05) is 0 Å². The Kier molecular flexibility index (Phi) is 3.75. The van der Waals surface area contributed by atoms with Gasteiger partial charge in [0.2, 0.25) is 0 Å². The van der Waals surface area contributed by atoms with Crippen LogP contribution in [-0.2, 0) is 15.1 Å². The quantitative estimate of drug-likeness (QED) is 0.413. The van der Waals surface area contributed by atoms with Crippen molar-refractivity contribution in [3.05, 3.63) is 60.2 Å². The minimum absolute atomic E-state index is 0.649. The lowest BCUT2D eigenvalue weighted by Crippen LogP contribution is -2.03. The molecule has 0 aromatic heterocycles. The fraction of sp³-hybridized carbons (Fsp3) is 0.0667. The standard InChI is InChI=1S/C15H16O2Si2/c18-17-19-16-10-15-13-7-3-1-5-11(13)9-12-6-2-4-8-14(12)15/h1-9H,10,19H2,18H3. The van der Waals surface area contributed by atoms with Crippen molar-refractivity contribution in [2.45, 2.75) is 6.61 Å². The summed E-state index contributed by atoms with van der Waals surface area (Å²) in [5, 5.41) is 5.11. The summed E-state index contributed by atoms with van der Waals surface area (Å²) in [5.74, 6) is 0. The van der Waals surface area contributed by atoms with Crippen LogP contribution in [0.2, 0.25) is 0 Å². The first-order valence-corrected chi connectivity index (χ1v) is 8.33. The predicted molar refractivity (Wildman–Crippen MR) is 85.8 cm³/mol. The molecule has 3 aromatic carbocycles. The van der Waals surface area contributed by atoms with E-state index in [1.165, 1.54) is 27.1 Å². The van der Waals surface area contributed by atoms with E-state index in [-0.39, 0.29) is 0 Å². The first-order valence-electron chi connectivity index (χ1n) is 6.36. The average Bonchev–Trinajstić information content (AvgIpc) is 2.46. The van der Waals surface area contributed by atoms with Gasteiger partial charge >= 0.3 is 0 Å². The molecule has 0 spiro atoms. The third kappa shape index (κ3) is 2.48. The van der Waals surface area contributed by atoms with E-state index in [1.807, 2.05) is 0 Å². The van der Waals surface area contributed by atoms with Crippen molar-refractivity contribution in [3.8, 4) is 0 Å². The van der Waals surface area contributed by atoms with Crippen LogP contribution in [0.15, 0.2) is 54.6 Å². The van der Waals surface area contributed by atoms with Gasteiger partial charge in [-0.2, -0.15) is 0 Å². The van der Waals surface area contributed by atoms with Gasteiger partial charge in [0, 0.05) is 0 Å². The van der Waals surface area contributed by atoms with Crippen LogP contribution in [0.4, 0.5) is 0 Å². The van der Waals surface area contributed by atoms with E-state index in [0.29, 0.717) is 6.61 Å². The van der Waals surface area contributed by atoms with E-state index in [1.54, 1.807) is 0 Å². The van der Waals surface area contributed by atoms with E-state index in [9.17, 15) is 0 Å². The van der Waals surface area contributed by atoms with Crippen molar-refractivity contribution < 1.29 is 8.54 Å². The zero-order valence-corrected chi connectivity index (χ0v) is 14.3. The SMILES string of the molecule is [SiH3]O[SiH2]OCc1c2ccccc2cc2ccccc12. The summed E-state index contributed by atoms with van der Waals surface area (Å²) >= 11 is 0. The molecule has 0 radical (unpaired) electrons. The molecule has 96 valence electrons. The van der Waals surface area contributed by atoms with Gasteiger partial charge in [-0.25, -0.2) is 0 Å². The second kappa shape index (κ2) is 5.67. The first-order chi connectivity index (χ1) is 9.40. The lowest BCUT2D eigenvalue weighted by atomic mass is 9.97. The summed E-state index contributed by atoms with van der Waals surface area (Å²) in [4.78, 5) is 0. The molecule has 3 rings (SSSR count). The highest BCUT2D eigenvalue weighted by Gasteiger charge is 2.07. The lowest BCUT2D eigenvalue weighted by molar-refractivity contribution is 0.286. The molecule has 0 aliphatic rings. The van der Waals surface area contributed by atoms with Gasteiger partial charge in [0.15, 0.2) is 0 Å². The van der Waals surface area contributed by atoms with Crippen LogP contribution >= 0.6 is 0 Å². The Bertz CT molecular complexity index is 659. The Morgan fingerprint density at radius 1 is 0.895 bits per heavy atom. The van der Waals surface area contributed by atoms with Crippen LogP contribution in [0, 0.1) is 0 Å². The van der Waals surface area contributed by atoms with Gasteiger partial charge in [-0.3, -0.25) is 0 Å². The van der Waals surface area contributed by atoms with Crippen molar-refractivity contribution in [2.24, 2.45) is 0 Å². The normalized spacial score (nSPS) is 12.0. The zero-order valence-electron chi connectivity index (χ0n) is 10.9. The molecule has 0 fully saturated rings. The summed E-state index contributed by atoms with van der Waals surface area (Å²) in [7, 11) is -0.0225. The topological polar surface area (TPSA) is 18.5 Å². The highest BCUT2D eigenvalue weighted by atomic mass is 28.3. The highest BCUT2D eigenvalue weighted by molar-refractivity contribution is 6.27. The lowest BCUT2D eigenvalue weighted by Gasteiger charge is -2.11. The van der Waals surface area contributed by atoms with Crippen LogP contribution in [0.1, 0.15) is 5.56 Å². The molecule has 19 heavy (non-hydrogen) atoms. The van der Waals surface area contributed by atoms with Crippen LogP contribution in [0.25, 0.3) is 21.5 Å². The molecular weight excluding hydrogens is 268 g/mol. The summed E-state index contributed by atoms with van der Waals surface area (Å²) in [6, 6.07) is 19.2. The molecule has 3 aromatic rings. The molecule has 0 atom stereocenters. The Morgan fingerprint density at radius 3 is 2.05 bits per heavy atom. The molecule has 0 saturated carbocycles. The predicted octanol–water partition coefficient (Wildman–Crippen LogP) is 1.81. The molecular formula is C15H16O2Si2. The van der Waals surface area contributed by atoms with E-state index >= 15 is 0 Å². The van der Waals surface area contributed by atoms with Crippen molar-refractivity contribution in [1.82, 2.24) is 0 Å². The van der Waals surface area contributed by atoms with Crippen molar-refractivity contribution in [3.63, 3.8) is 0 Å². The zero-order chi connectivity index (χ0) is 13.1. The monoisotopic (exact) mass is 284 g/mol. The van der Waals surface area contributed by atoms with Gasteiger partial charge in [-0.05, 0) is 33.2 Å². The molecule has 0 bridgehead atoms. The maximum absolute atomic E-state index is 5.74. The average molecular weight is 284 g/mol. The molecule has 0 amide bonds. The van der Waals surface area contributed by atoms with Gasteiger partial charge < -0.3 is 8.54 Å². The third-order valence-electron chi connectivity index (χ3n) is 3.33. The largest absolute Gasteiger partial charge is 0.449 e. The van der Waals surface area contributed by atoms with Crippen LogP contribution in [-0.4, -0.2) is 20.5 Å². The Balaban J connectivity index is 2.21. The molecule has 0 aliphatic heterocycles. The minimum atomic E-state index is -0.793. The van der Waals surface area contributed by atoms with Crippen LogP contribution in [0.3, 0.4) is 0 Å². The van der Waals surface area contributed by atoms with Gasteiger partial charge in [-0.15, -0.1) is 0 Å². The summed E-state index contributed by atoms with van der Waals surface area (Å²) in [6.07, 6.45) is 0. The molecule has 2 nitrogen and oxygen atoms in total. The summed E-state index contributed by atoms with van der Waals surface area (Å²) in [5.41, 5.74) is 1.28. The van der Waals surface area contributed by atoms with Gasteiger partial charge in [0.25, 0.3) is 10.0 Å². The maximum Gasteiger partial charge on any atom is 0.293 e. The fourth-order valence-electron chi connectivity index (χ4n) is 2.49. The Labute approximate surface area is 118 Å². The van der Waals surface area contributed by atoms with E-state index in [2.05, 4.69) is 54.6 Å². The molecule has 0 N–H and O–H groups in total. The van der Waals surface area contributed by atoms with Crippen molar-refractivity contribution in [1.29, 1.82) is 0 Å². The van der Waals surface area contributed by atoms with Gasteiger partial charge in [0.05, 0.1) is 6.61 Å². The van der Waals surface area contributed by atoms with E-state index in [4.69, 9.17) is 8.54 Å². The molecule has 4 heteroatoms. The Hall–Kier alpha value is -1.47. The van der Waals surface area contributed by atoms with Gasteiger partial charge in [0.1, 0.15) is 10.5 Å². The molecule has 0 saturated heterocycles. The van der Waals surface area contributed by atoms with Crippen LogP contribution < -0.4 is 0 Å². The van der Waals surface area contributed by atoms with Gasteiger partial charge in [-0.1, -0.05) is 48.5 Å². The Morgan fingerprint density at radius 2 is 1.47 bits per heavy atom. The fourth-order valence-corrected chi connectivity index (χ4v) is 3.44. The smallest absolute Gasteiger partial charge is 0.293 e. The number of fused-ring (bicyclic) bond motifs is 2. The van der Waals surface area contributed by atoms with Crippen LogP contribution in [0.5, 0.6) is 0 Å². The van der Waals surface area contributed by atoms with E-state index < -0.39 is 10.0 Å². The number of benzene rings is 3. The molecule has 0 heterocycles. The summed E-state index contributed by atoms with van der Waals surface area (Å²) in [6.45, 7) is 0.649. The number of hydrogen-bond donors (Lipinski definition) is 0. The minimum Gasteiger partial charge on any atom is -0.449 e. The second-order valence-corrected chi connectivity index (χ2v) is 7.51. The maximum atomic E-state index is 5.74. The molecule has 0 aliphatic carbocycles. The number of hydrogen-bond acceptors (Lipinski definition) is 2.